The molecule has 0 aromatic heterocycles. The molecular weight excluding hydrogens is 342 g/mol. The molecule has 0 amide bonds. The molecule has 0 radical (unpaired) electrons. The van der Waals surface area contributed by atoms with E-state index in [9.17, 15) is 4.79 Å². The molecule has 146 valence electrons. The Balaban J connectivity index is 1.47. The normalized spacial score (nSPS) is 35.9. The Morgan fingerprint density at radius 3 is 2.32 bits per heavy atom. The van der Waals surface area contributed by atoms with E-state index >= 15 is 0 Å². The second-order valence-corrected chi connectivity index (χ2v) is 10.4. The highest BCUT2D eigenvalue weighted by atomic mass is 16.1. The first-order valence-electron chi connectivity index (χ1n) is 10.8. The highest BCUT2D eigenvalue weighted by Gasteiger charge is 2.64. The van der Waals surface area contributed by atoms with Gasteiger partial charge in [-0.25, -0.2) is 0 Å². The summed E-state index contributed by atoms with van der Waals surface area (Å²) in [7, 11) is 0. The zero-order chi connectivity index (χ0) is 19.4. The van der Waals surface area contributed by atoms with Crippen molar-refractivity contribution in [2.45, 2.75) is 63.8 Å². The minimum Gasteiger partial charge on any atom is -0.326 e. The molecule has 0 heterocycles. The Hall–Kier alpha value is -1.93. The predicted molar refractivity (Wildman–Crippen MR) is 113 cm³/mol. The van der Waals surface area contributed by atoms with Crippen molar-refractivity contribution in [3.8, 4) is 0 Å². The number of hydrogen-bond acceptors (Lipinski definition) is 2. The highest BCUT2D eigenvalue weighted by molar-refractivity contribution is 5.87. The summed E-state index contributed by atoms with van der Waals surface area (Å²) in [6.45, 7) is 3.00. The number of carbonyl (C=O) groups excluding carboxylic acids is 1. The Bertz CT molecular complexity index is 888. The van der Waals surface area contributed by atoms with Crippen LogP contribution in [0.25, 0.3) is 0 Å². The largest absolute Gasteiger partial charge is 0.326 e. The van der Waals surface area contributed by atoms with E-state index in [-0.39, 0.29) is 10.8 Å². The zero-order valence-corrected chi connectivity index (χ0v) is 16.9. The number of Topliss-reactive ketones (excluding diaryl/α,β-unsaturated/α-hetero) is 1. The van der Waals surface area contributed by atoms with Gasteiger partial charge in [0.25, 0.3) is 0 Å². The topological polar surface area (TPSA) is 43.1 Å². The summed E-state index contributed by atoms with van der Waals surface area (Å²) in [5, 5.41) is 0. The van der Waals surface area contributed by atoms with Crippen LogP contribution in [0.5, 0.6) is 0 Å². The molecule has 2 aromatic rings. The molecule has 2 aromatic carbocycles. The molecule has 4 aliphatic carbocycles. The van der Waals surface area contributed by atoms with Crippen molar-refractivity contribution in [1.82, 2.24) is 0 Å². The minimum atomic E-state index is -0.128. The van der Waals surface area contributed by atoms with Crippen LogP contribution in [0.2, 0.25) is 0 Å². The lowest BCUT2D eigenvalue weighted by Crippen LogP contribution is -2.60. The van der Waals surface area contributed by atoms with Gasteiger partial charge in [0.2, 0.25) is 0 Å². The SMILES string of the molecule is CC12CC3CC(C(=O)Cc4ccc(CN)cc4)(C1)CC(c1ccccc1)(C3)C2. The van der Waals surface area contributed by atoms with Gasteiger partial charge >= 0.3 is 0 Å². The average Bonchev–Trinajstić information content (AvgIpc) is 2.67. The molecule has 4 fully saturated rings. The summed E-state index contributed by atoms with van der Waals surface area (Å²) in [4.78, 5) is 13.7. The summed E-state index contributed by atoms with van der Waals surface area (Å²) in [5.41, 5.74) is 9.84. The summed E-state index contributed by atoms with van der Waals surface area (Å²) >= 11 is 0. The molecule has 0 spiro atoms. The van der Waals surface area contributed by atoms with E-state index in [1.54, 1.807) is 0 Å². The van der Waals surface area contributed by atoms with Gasteiger partial charge in [0, 0.05) is 18.4 Å². The summed E-state index contributed by atoms with van der Waals surface area (Å²) < 4.78 is 0. The molecule has 0 aliphatic heterocycles. The van der Waals surface area contributed by atoms with Gasteiger partial charge in [-0.1, -0.05) is 61.5 Å². The Morgan fingerprint density at radius 1 is 0.929 bits per heavy atom. The van der Waals surface area contributed by atoms with E-state index in [0.717, 1.165) is 30.4 Å². The lowest BCUT2D eigenvalue weighted by Gasteiger charge is -2.65. The van der Waals surface area contributed by atoms with Gasteiger partial charge in [0.1, 0.15) is 5.78 Å². The van der Waals surface area contributed by atoms with Crippen molar-refractivity contribution in [2.75, 3.05) is 0 Å². The second kappa shape index (κ2) is 6.29. The fourth-order valence-corrected chi connectivity index (χ4v) is 7.51. The van der Waals surface area contributed by atoms with Crippen molar-refractivity contribution < 1.29 is 4.79 Å². The molecule has 0 saturated heterocycles. The van der Waals surface area contributed by atoms with E-state index in [1.165, 1.54) is 24.8 Å². The molecule has 2 N–H and O–H groups in total. The van der Waals surface area contributed by atoms with Gasteiger partial charge in [-0.3, -0.25) is 4.79 Å². The van der Waals surface area contributed by atoms with Crippen molar-refractivity contribution in [1.29, 1.82) is 0 Å². The molecule has 6 rings (SSSR count). The molecule has 4 bridgehead atoms. The first kappa shape index (κ1) is 18.1. The third kappa shape index (κ3) is 2.85. The lowest BCUT2D eigenvalue weighted by molar-refractivity contribution is -0.157. The number of nitrogens with two attached hydrogens (primary N) is 1. The monoisotopic (exact) mass is 373 g/mol. The van der Waals surface area contributed by atoms with E-state index in [2.05, 4.69) is 61.5 Å². The van der Waals surface area contributed by atoms with Crippen molar-refractivity contribution in [3.05, 3.63) is 71.3 Å². The van der Waals surface area contributed by atoms with Crippen LogP contribution in [0.1, 0.15) is 62.1 Å². The average molecular weight is 374 g/mol. The van der Waals surface area contributed by atoms with Gasteiger partial charge in [-0.05, 0) is 72.0 Å². The molecule has 4 aliphatic rings. The van der Waals surface area contributed by atoms with Gasteiger partial charge in [0.05, 0.1) is 0 Å². The Labute approximate surface area is 168 Å². The number of benzene rings is 2. The molecule has 4 atom stereocenters. The quantitative estimate of drug-likeness (QED) is 0.784. The van der Waals surface area contributed by atoms with Crippen LogP contribution in [0.3, 0.4) is 0 Å². The fourth-order valence-electron chi connectivity index (χ4n) is 7.51. The molecule has 4 unspecified atom stereocenters. The van der Waals surface area contributed by atoms with Crippen LogP contribution in [0, 0.1) is 16.7 Å². The summed E-state index contributed by atoms with van der Waals surface area (Å²) in [5.74, 6) is 1.17. The fraction of sp³-hybridized carbons (Fsp3) is 0.500. The molecule has 2 heteroatoms. The standard InChI is InChI=1S/C26H31NO/c1-24-12-21-13-25(16-24,22-5-3-2-4-6-22)18-26(14-21,17-24)23(28)11-19-7-9-20(15-27)10-8-19/h2-10,21H,11-18,27H2,1H3. The number of ketones is 1. The van der Waals surface area contributed by atoms with Crippen LogP contribution in [0.4, 0.5) is 0 Å². The highest BCUT2D eigenvalue weighted by Crippen LogP contribution is 2.70. The summed E-state index contributed by atoms with van der Waals surface area (Å²) in [6, 6.07) is 19.4. The number of hydrogen-bond donors (Lipinski definition) is 1. The molecular formula is C26H31NO. The lowest BCUT2D eigenvalue weighted by atomic mass is 9.38. The third-order valence-corrected chi connectivity index (χ3v) is 7.95. The van der Waals surface area contributed by atoms with Gasteiger partial charge in [-0.15, -0.1) is 0 Å². The van der Waals surface area contributed by atoms with E-state index in [0.29, 0.717) is 30.1 Å². The number of carbonyl (C=O) groups is 1. The smallest absolute Gasteiger partial charge is 0.143 e. The molecule has 28 heavy (non-hydrogen) atoms. The Morgan fingerprint density at radius 2 is 1.64 bits per heavy atom. The van der Waals surface area contributed by atoms with E-state index < -0.39 is 0 Å². The predicted octanol–water partition coefficient (Wildman–Crippen LogP) is 5.19. The minimum absolute atomic E-state index is 0.128. The second-order valence-electron chi connectivity index (χ2n) is 10.4. The third-order valence-electron chi connectivity index (χ3n) is 7.95. The van der Waals surface area contributed by atoms with E-state index in [1.807, 2.05) is 0 Å². The van der Waals surface area contributed by atoms with Gasteiger partial charge in [-0.2, -0.15) is 0 Å². The van der Waals surface area contributed by atoms with Crippen LogP contribution >= 0.6 is 0 Å². The molecule has 4 saturated carbocycles. The number of rotatable bonds is 5. The Kier molecular flexibility index (Phi) is 4.07. The van der Waals surface area contributed by atoms with E-state index in [4.69, 9.17) is 5.73 Å². The van der Waals surface area contributed by atoms with Crippen molar-refractivity contribution in [2.24, 2.45) is 22.5 Å². The van der Waals surface area contributed by atoms with Crippen LogP contribution < -0.4 is 5.73 Å². The van der Waals surface area contributed by atoms with Crippen LogP contribution in [-0.2, 0) is 23.2 Å². The van der Waals surface area contributed by atoms with Crippen LogP contribution in [0.15, 0.2) is 54.6 Å². The maximum atomic E-state index is 13.7. The van der Waals surface area contributed by atoms with Crippen LogP contribution in [-0.4, -0.2) is 5.78 Å². The zero-order valence-electron chi connectivity index (χ0n) is 16.9. The summed E-state index contributed by atoms with van der Waals surface area (Å²) in [6.07, 6.45) is 7.64. The first-order chi connectivity index (χ1) is 13.4. The van der Waals surface area contributed by atoms with Gasteiger partial charge in [0.15, 0.2) is 0 Å². The van der Waals surface area contributed by atoms with Crippen molar-refractivity contribution in [3.63, 3.8) is 0 Å². The maximum Gasteiger partial charge on any atom is 0.143 e. The van der Waals surface area contributed by atoms with Gasteiger partial charge < -0.3 is 5.73 Å². The first-order valence-corrected chi connectivity index (χ1v) is 10.8. The van der Waals surface area contributed by atoms with Crippen molar-refractivity contribution >= 4 is 5.78 Å². The molecule has 2 nitrogen and oxygen atoms in total. The maximum absolute atomic E-state index is 13.7.